The summed E-state index contributed by atoms with van der Waals surface area (Å²) in [5.74, 6) is 0.910. The minimum atomic E-state index is -0.433. The average Bonchev–Trinajstić information content (AvgIpc) is 2.92. The van der Waals surface area contributed by atoms with Crippen LogP contribution in [-0.4, -0.2) is 42.3 Å². The molecule has 21 heavy (non-hydrogen) atoms. The van der Waals surface area contributed by atoms with E-state index in [1.807, 2.05) is 32.9 Å². The molecule has 5 heteroatoms. The van der Waals surface area contributed by atoms with E-state index >= 15 is 0 Å². The number of rotatable bonds is 3. The molecule has 0 saturated carbocycles. The van der Waals surface area contributed by atoms with Gasteiger partial charge in [-0.1, -0.05) is 0 Å². The average molecular weight is 294 g/mol. The van der Waals surface area contributed by atoms with Gasteiger partial charge in [-0.25, -0.2) is 4.79 Å². The van der Waals surface area contributed by atoms with Gasteiger partial charge in [0.25, 0.3) is 0 Å². The number of carbonyl (C=O) groups is 1. The fourth-order valence-electron chi connectivity index (χ4n) is 2.71. The summed E-state index contributed by atoms with van der Waals surface area (Å²) >= 11 is 0. The van der Waals surface area contributed by atoms with Crippen molar-refractivity contribution in [3.8, 4) is 0 Å². The molecule has 1 fully saturated rings. The Balaban J connectivity index is 1.89. The second kappa shape index (κ2) is 6.41. The maximum atomic E-state index is 12.1. The van der Waals surface area contributed by atoms with Gasteiger partial charge >= 0.3 is 6.09 Å². The van der Waals surface area contributed by atoms with E-state index in [2.05, 4.69) is 11.8 Å². The highest BCUT2D eigenvalue weighted by Crippen LogP contribution is 2.24. The van der Waals surface area contributed by atoms with Gasteiger partial charge in [0.1, 0.15) is 5.60 Å². The van der Waals surface area contributed by atoms with Crippen LogP contribution in [0.15, 0.2) is 22.8 Å². The van der Waals surface area contributed by atoms with E-state index in [9.17, 15) is 4.79 Å². The molecule has 1 aliphatic rings. The summed E-state index contributed by atoms with van der Waals surface area (Å²) in [6, 6.07) is 4.32. The molecule has 0 N–H and O–H groups in total. The minimum absolute atomic E-state index is 0.206. The zero-order valence-corrected chi connectivity index (χ0v) is 13.5. The van der Waals surface area contributed by atoms with Gasteiger partial charge in [0, 0.05) is 31.7 Å². The number of amides is 1. The first kappa shape index (κ1) is 15.7. The standard InChI is InChI=1S/C16H26N2O3/c1-5-18(14-7-6-12-20-14)13-8-10-17(11-9-13)15(19)21-16(2,3)4/h6-7,12-13H,5,8-11H2,1-4H3. The molecule has 1 saturated heterocycles. The molecule has 118 valence electrons. The Morgan fingerprint density at radius 1 is 1.43 bits per heavy atom. The second-order valence-electron chi connectivity index (χ2n) is 6.44. The Bertz CT molecular complexity index is 443. The summed E-state index contributed by atoms with van der Waals surface area (Å²) in [4.78, 5) is 16.1. The van der Waals surface area contributed by atoms with E-state index in [0.29, 0.717) is 6.04 Å². The molecule has 2 rings (SSSR count). The highest BCUT2D eigenvalue weighted by Gasteiger charge is 2.29. The van der Waals surface area contributed by atoms with Crippen molar-refractivity contribution in [2.45, 2.75) is 52.2 Å². The first-order valence-corrected chi connectivity index (χ1v) is 7.69. The van der Waals surface area contributed by atoms with Gasteiger partial charge in [-0.15, -0.1) is 0 Å². The molecule has 1 aliphatic heterocycles. The van der Waals surface area contributed by atoms with Crippen molar-refractivity contribution in [3.63, 3.8) is 0 Å². The molecule has 5 nitrogen and oxygen atoms in total. The number of nitrogens with zero attached hydrogens (tertiary/aromatic N) is 2. The quantitative estimate of drug-likeness (QED) is 0.856. The number of likely N-dealkylation sites (tertiary alicyclic amines) is 1. The summed E-state index contributed by atoms with van der Waals surface area (Å²) in [6.07, 6.45) is 3.37. The molecule has 0 radical (unpaired) electrons. The third-order valence-corrected chi connectivity index (χ3v) is 3.69. The van der Waals surface area contributed by atoms with E-state index in [4.69, 9.17) is 9.15 Å². The highest BCUT2D eigenvalue weighted by molar-refractivity contribution is 5.68. The lowest BCUT2D eigenvalue weighted by Gasteiger charge is -2.38. The summed E-state index contributed by atoms with van der Waals surface area (Å²) in [6.45, 7) is 10.2. The van der Waals surface area contributed by atoms with Gasteiger partial charge in [-0.05, 0) is 46.6 Å². The molecular weight excluding hydrogens is 268 g/mol. The van der Waals surface area contributed by atoms with E-state index in [1.165, 1.54) is 0 Å². The lowest BCUT2D eigenvalue weighted by molar-refractivity contribution is 0.0204. The van der Waals surface area contributed by atoms with Crippen LogP contribution in [0.4, 0.5) is 10.7 Å². The lowest BCUT2D eigenvalue weighted by atomic mass is 10.0. The molecule has 0 bridgehead atoms. The van der Waals surface area contributed by atoms with Crippen LogP contribution in [-0.2, 0) is 4.74 Å². The molecule has 0 spiro atoms. The van der Waals surface area contributed by atoms with E-state index in [1.54, 1.807) is 11.2 Å². The van der Waals surface area contributed by atoms with Gasteiger partial charge in [0.2, 0.25) is 0 Å². The molecule has 0 atom stereocenters. The first-order chi connectivity index (χ1) is 9.90. The van der Waals surface area contributed by atoms with Crippen molar-refractivity contribution < 1.29 is 13.9 Å². The van der Waals surface area contributed by atoms with Crippen molar-refractivity contribution in [3.05, 3.63) is 18.4 Å². The second-order valence-corrected chi connectivity index (χ2v) is 6.44. The Labute approximate surface area is 126 Å². The lowest BCUT2D eigenvalue weighted by Crippen LogP contribution is -2.48. The first-order valence-electron chi connectivity index (χ1n) is 7.69. The zero-order chi connectivity index (χ0) is 15.5. The van der Waals surface area contributed by atoms with Gasteiger partial charge in [0.05, 0.1) is 6.26 Å². The number of carbonyl (C=O) groups excluding carboxylic acids is 1. The van der Waals surface area contributed by atoms with E-state index in [0.717, 1.165) is 38.4 Å². The number of ether oxygens (including phenoxy) is 1. The van der Waals surface area contributed by atoms with Crippen molar-refractivity contribution >= 4 is 12.0 Å². The van der Waals surface area contributed by atoms with Crippen LogP contribution in [0.25, 0.3) is 0 Å². The van der Waals surface area contributed by atoms with Gasteiger partial charge in [0.15, 0.2) is 5.88 Å². The Hall–Kier alpha value is -1.65. The van der Waals surface area contributed by atoms with Crippen LogP contribution >= 0.6 is 0 Å². The maximum Gasteiger partial charge on any atom is 0.410 e. The molecule has 1 aromatic heterocycles. The minimum Gasteiger partial charge on any atom is -0.449 e. The Kier molecular flexibility index (Phi) is 4.80. The highest BCUT2D eigenvalue weighted by atomic mass is 16.6. The Morgan fingerprint density at radius 2 is 2.10 bits per heavy atom. The van der Waals surface area contributed by atoms with E-state index < -0.39 is 5.60 Å². The summed E-state index contributed by atoms with van der Waals surface area (Å²) < 4.78 is 10.9. The number of piperidine rings is 1. The molecular formula is C16H26N2O3. The number of anilines is 1. The van der Waals surface area contributed by atoms with Crippen LogP contribution < -0.4 is 4.90 Å². The third kappa shape index (κ3) is 4.16. The van der Waals surface area contributed by atoms with Crippen molar-refractivity contribution in [2.75, 3.05) is 24.5 Å². The zero-order valence-electron chi connectivity index (χ0n) is 13.5. The van der Waals surface area contributed by atoms with Crippen molar-refractivity contribution in [1.82, 2.24) is 4.90 Å². The van der Waals surface area contributed by atoms with Crippen LogP contribution in [0, 0.1) is 0 Å². The van der Waals surface area contributed by atoms with Crippen molar-refractivity contribution in [1.29, 1.82) is 0 Å². The van der Waals surface area contributed by atoms with Crippen LogP contribution in [0.2, 0.25) is 0 Å². The Morgan fingerprint density at radius 3 is 2.57 bits per heavy atom. The molecule has 1 aromatic rings. The maximum absolute atomic E-state index is 12.1. The number of hydrogen-bond donors (Lipinski definition) is 0. The van der Waals surface area contributed by atoms with Gasteiger partial charge in [-0.2, -0.15) is 0 Å². The predicted octanol–water partition coefficient (Wildman–Crippen LogP) is 3.51. The molecule has 0 unspecified atom stereocenters. The van der Waals surface area contributed by atoms with Gasteiger partial charge < -0.3 is 19.0 Å². The molecule has 2 heterocycles. The largest absolute Gasteiger partial charge is 0.449 e. The van der Waals surface area contributed by atoms with Crippen LogP contribution in [0.5, 0.6) is 0 Å². The fraction of sp³-hybridized carbons (Fsp3) is 0.688. The van der Waals surface area contributed by atoms with E-state index in [-0.39, 0.29) is 6.09 Å². The van der Waals surface area contributed by atoms with Crippen LogP contribution in [0.3, 0.4) is 0 Å². The molecule has 1 amide bonds. The number of hydrogen-bond acceptors (Lipinski definition) is 4. The number of furan rings is 1. The van der Waals surface area contributed by atoms with Gasteiger partial charge in [-0.3, -0.25) is 0 Å². The summed E-state index contributed by atoms with van der Waals surface area (Å²) in [7, 11) is 0. The monoisotopic (exact) mass is 294 g/mol. The smallest absolute Gasteiger partial charge is 0.410 e. The summed E-state index contributed by atoms with van der Waals surface area (Å²) in [5.41, 5.74) is -0.433. The molecule has 0 aliphatic carbocycles. The SMILES string of the molecule is CCN(c1ccco1)C1CCN(C(=O)OC(C)(C)C)CC1. The third-order valence-electron chi connectivity index (χ3n) is 3.69. The van der Waals surface area contributed by atoms with Crippen LogP contribution in [0.1, 0.15) is 40.5 Å². The normalized spacial score (nSPS) is 16.9. The topological polar surface area (TPSA) is 45.9 Å². The predicted molar refractivity (Wildman–Crippen MR) is 82.6 cm³/mol. The fourth-order valence-corrected chi connectivity index (χ4v) is 2.71. The molecule has 0 aromatic carbocycles. The summed E-state index contributed by atoms with van der Waals surface area (Å²) in [5, 5.41) is 0. The van der Waals surface area contributed by atoms with Crippen molar-refractivity contribution in [2.24, 2.45) is 0 Å².